The van der Waals surface area contributed by atoms with Crippen LogP contribution in [0.5, 0.6) is 0 Å². The van der Waals surface area contributed by atoms with Gasteiger partial charge < -0.3 is 15.3 Å². The molecule has 32 heavy (non-hydrogen) atoms. The van der Waals surface area contributed by atoms with Crippen molar-refractivity contribution in [2.24, 2.45) is 23.2 Å². The van der Waals surface area contributed by atoms with E-state index in [0.29, 0.717) is 23.7 Å². The molecule has 0 bridgehead atoms. The third-order valence-electron chi connectivity index (χ3n) is 9.01. The summed E-state index contributed by atoms with van der Waals surface area (Å²) in [6.45, 7) is 11.1. The molecule has 0 spiro atoms. The van der Waals surface area contributed by atoms with Gasteiger partial charge in [0.15, 0.2) is 0 Å². The van der Waals surface area contributed by atoms with Crippen molar-refractivity contribution in [1.82, 2.24) is 0 Å². The van der Waals surface area contributed by atoms with E-state index in [1.54, 1.807) is 5.57 Å². The molecule has 6 atom stereocenters. The minimum atomic E-state index is -0.550. The van der Waals surface area contributed by atoms with Gasteiger partial charge in [-0.1, -0.05) is 57.3 Å². The van der Waals surface area contributed by atoms with E-state index in [4.69, 9.17) is 0 Å². The summed E-state index contributed by atoms with van der Waals surface area (Å²) in [5.74, 6) is 2.17. The second kappa shape index (κ2) is 10.7. The molecule has 0 amide bonds. The molecular formula is C29H50O3. The summed E-state index contributed by atoms with van der Waals surface area (Å²) in [6, 6.07) is 0. The Labute approximate surface area is 197 Å². The van der Waals surface area contributed by atoms with Gasteiger partial charge in [-0.05, 0) is 107 Å². The number of hydrogen-bond acceptors (Lipinski definition) is 3. The minimum absolute atomic E-state index is 0.392. The highest BCUT2D eigenvalue weighted by molar-refractivity contribution is 5.34. The highest BCUT2D eigenvalue weighted by Gasteiger charge is 2.50. The summed E-state index contributed by atoms with van der Waals surface area (Å²) in [4.78, 5) is 0. The van der Waals surface area contributed by atoms with Crippen LogP contribution in [0.4, 0.5) is 0 Å². The summed E-state index contributed by atoms with van der Waals surface area (Å²) in [6.07, 6.45) is 15.6. The highest BCUT2D eigenvalue weighted by Crippen LogP contribution is 2.60. The predicted octanol–water partition coefficient (Wildman–Crippen LogP) is 6.71. The molecule has 0 aromatic rings. The number of allylic oxidation sites excluding steroid dienone is 3. The van der Waals surface area contributed by atoms with Crippen molar-refractivity contribution in [1.29, 1.82) is 0 Å². The van der Waals surface area contributed by atoms with Crippen molar-refractivity contribution in [2.75, 3.05) is 0 Å². The van der Waals surface area contributed by atoms with Crippen molar-refractivity contribution in [3.63, 3.8) is 0 Å². The average molecular weight is 447 g/mol. The Morgan fingerprint density at radius 2 is 1.88 bits per heavy atom. The molecule has 0 aliphatic heterocycles. The van der Waals surface area contributed by atoms with Crippen LogP contribution in [0.15, 0.2) is 22.8 Å². The Balaban J connectivity index is 1.77. The van der Waals surface area contributed by atoms with Gasteiger partial charge in [-0.3, -0.25) is 0 Å². The molecule has 3 N–H and O–H groups in total. The molecule has 0 heterocycles. The Bertz CT molecular complexity index is 673. The van der Waals surface area contributed by atoms with Crippen molar-refractivity contribution in [3.05, 3.63) is 22.8 Å². The Hall–Kier alpha value is -0.640. The summed E-state index contributed by atoms with van der Waals surface area (Å²) in [5.41, 5.74) is 4.20. The van der Waals surface area contributed by atoms with Gasteiger partial charge in [0.25, 0.3) is 0 Å². The van der Waals surface area contributed by atoms with Crippen molar-refractivity contribution >= 4 is 0 Å². The number of aliphatic hydroxyl groups excluding tert-OH is 2. The molecule has 0 aromatic heterocycles. The molecule has 3 aliphatic rings. The first kappa shape index (κ1) is 26.0. The van der Waals surface area contributed by atoms with Gasteiger partial charge in [0.1, 0.15) is 0 Å². The molecular weight excluding hydrogens is 396 g/mol. The van der Waals surface area contributed by atoms with Crippen molar-refractivity contribution in [2.45, 2.75) is 136 Å². The molecule has 184 valence electrons. The predicted molar refractivity (Wildman–Crippen MR) is 133 cm³/mol. The smallest absolute Gasteiger partial charge is 0.0602 e. The zero-order valence-electron chi connectivity index (χ0n) is 21.5. The maximum absolute atomic E-state index is 10.3. The third-order valence-corrected chi connectivity index (χ3v) is 9.01. The van der Waals surface area contributed by atoms with Crippen molar-refractivity contribution < 1.29 is 15.3 Å². The van der Waals surface area contributed by atoms with Crippen molar-refractivity contribution in [3.8, 4) is 0 Å². The molecule has 3 rings (SSSR count). The van der Waals surface area contributed by atoms with E-state index in [1.165, 1.54) is 49.7 Å². The van der Waals surface area contributed by atoms with Crippen LogP contribution in [0.1, 0.15) is 118 Å². The largest absolute Gasteiger partial charge is 0.393 e. The van der Waals surface area contributed by atoms with Gasteiger partial charge in [-0.25, -0.2) is 0 Å². The van der Waals surface area contributed by atoms with Crippen LogP contribution < -0.4 is 0 Å². The van der Waals surface area contributed by atoms with Gasteiger partial charge in [0, 0.05) is 0 Å². The third kappa shape index (κ3) is 6.27. The van der Waals surface area contributed by atoms with Crippen LogP contribution in [0, 0.1) is 23.2 Å². The van der Waals surface area contributed by atoms with Crippen LogP contribution in [0.3, 0.4) is 0 Å². The first-order chi connectivity index (χ1) is 15.0. The minimum Gasteiger partial charge on any atom is -0.393 e. The standard InChI is InChI=1S/C29H50O3/c1-6-9-21(23-17-24(30)19-25(31)18-23)16-22-11-8-15-29(5)26(12-13-27(22)29)20(2)10-7-14-28(3,4)32/h16,20,24-27,30-32H,6-15,17-19H2,1-5H3/b22-16+/t20-,24-,25-,26-,27+,29-/m1/s1. The van der Waals surface area contributed by atoms with Gasteiger partial charge in [-0.15, -0.1) is 0 Å². The Kier molecular flexibility index (Phi) is 8.72. The lowest BCUT2D eigenvalue weighted by atomic mass is 9.60. The number of fused-ring (bicyclic) bond motifs is 1. The first-order valence-corrected chi connectivity index (χ1v) is 13.5. The maximum atomic E-state index is 10.3. The molecule has 3 aliphatic carbocycles. The summed E-state index contributed by atoms with van der Waals surface area (Å²) >= 11 is 0. The quantitative estimate of drug-likeness (QED) is 0.388. The molecule has 3 saturated carbocycles. The normalized spacial score (nSPS) is 35.8. The van der Waals surface area contributed by atoms with Crippen LogP contribution in [-0.2, 0) is 0 Å². The molecule has 3 heteroatoms. The van der Waals surface area contributed by atoms with E-state index in [-0.39, 0.29) is 0 Å². The molecule has 3 fully saturated rings. The Morgan fingerprint density at radius 3 is 2.50 bits per heavy atom. The van der Waals surface area contributed by atoms with E-state index in [9.17, 15) is 15.3 Å². The maximum Gasteiger partial charge on any atom is 0.0602 e. The fourth-order valence-corrected chi connectivity index (χ4v) is 7.48. The topological polar surface area (TPSA) is 60.7 Å². The van der Waals surface area contributed by atoms with Gasteiger partial charge >= 0.3 is 0 Å². The van der Waals surface area contributed by atoms with Crippen LogP contribution in [0.2, 0.25) is 0 Å². The fourth-order valence-electron chi connectivity index (χ4n) is 7.48. The van der Waals surface area contributed by atoms with Gasteiger partial charge in [0.2, 0.25) is 0 Å². The van der Waals surface area contributed by atoms with Crippen LogP contribution in [-0.4, -0.2) is 33.1 Å². The molecule has 0 unspecified atom stereocenters. The van der Waals surface area contributed by atoms with E-state index in [1.807, 2.05) is 13.8 Å². The zero-order chi connectivity index (χ0) is 23.5. The second-order valence-electron chi connectivity index (χ2n) is 12.3. The average Bonchev–Trinajstić information content (AvgIpc) is 3.03. The number of aliphatic hydroxyl groups is 3. The second-order valence-corrected chi connectivity index (χ2v) is 12.3. The lowest BCUT2D eigenvalue weighted by molar-refractivity contribution is 0.0589. The zero-order valence-corrected chi connectivity index (χ0v) is 21.5. The highest BCUT2D eigenvalue weighted by atomic mass is 16.3. The van der Waals surface area contributed by atoms with Crippen LogP contribution >= 0.6 is 0 Å². The summed E-state index contributed by atoms with van der Waals surface area (Å²) < 4.78 is 0. The fraction of sp³-hybridized carbons (Fsp3) is 0.862. The van der Waals surface area contributed by atoms with E-state index in [0.717, 1.165) is 44.4 Å². The molecule has 0 radical (unpaired) electrons. The monoisotopic (exact) mass is 446 g/mol. The molecule has 0 saturated heterocycles. The first-order valence-electron chi connectivity index (χ1n) is 13.5. The molecule has 3 nitrogen and oxygen atoms in total. The number of hydrogen-bond donors (Lipinski definition) is 3. The van der Waals surface area contributed by atoms with Gasteiger partial charge in [-0.2, -0.15) is 0 Å². The van der Waals surface area contributed by atoms with E-state index >= 15 is 0 Å². The Morgan fingerprint density at radius 1 is 1.19 bits per heavy atom. The van der Waals surface area contributed by atoms with E-state index < -0.39 is 17.8 Å². The number of rotatable bonds is 8. The van der Waals surface area contributed by atoms with Crippen LogP contribution in [0.25, 0.3) is 0 Å². The molecule has 0 aromatic carbocycles. The lowest BCUT2D eigenvalue weighted by Gasteiger charge is -2.44. The summed E-state index contributed by atoms with van der Waals surface area (Å²) in [7, 11) is 0. The summed E-state index contributed by atoms with van der Waals surface area (Å²) in [5, 5.41) is 30.6. The van der Waals surface area contributed by atoms with Gasteiger partial charge in [0.05, 0.1) is 17.8 Å². The lowest BCUT2D eigenvalue weighted by Crippen LogP contribution is -2.36. The van der Waals surface area contributed by atoms with E-state index in [2.05, 4.69) is 26.8 Å². The SMILES string of the molecule is CCCC(/C=C1\CCC[C@]2(C)[C@@H]([C@H](C)CCCC(C)(C)O)CC[C@@H]12)=C1C[C@@H](O)C[C@H](O)C1.